The maximum atomic E-state index is 12.9. The SMILES string of the molecule is O=C(NCCCc1ccccc1Cl)[C@H]1CCCN1S(=O)(=O)c1ccc(Cl)cc1. The second-order valence-corrected chi connectivity index (χ2v) is 9.45. The molecule has 0 bridgehead atoms. The lowest BCUT2D eigenvalue weighted by atomic mass is 10.1. The standard InChI is InChI=1S/C20H22Cl2N2O3S/c21-16-9-11-17(12-10-16)28(26,27)24-14-4-8-19(24)20(25)23-13-3-6-15-5-1-2-7-18(15)22/h1-2,5,7,9-12,19H,3-4,6,8,13-14H2,(H,23,25)/t19-/m1/s1. The number of rotatable bonds is 7. The molecule has 0 aromatic heterocycles. The largest absolute Gasteiger partial charge is 0.355 e. The van der Waals surface area contributed by atoms with Crippen molar-refractivity contribution in [1.29, 1.82) is 0 Å². The van der Waals surface area contributed by atoms with Crippen LogP contribution in [-0.2, 0) is 21.2 Å². The van der Waals surface area contributed by atoms with E-state index in [-0.39, 0.29) is 10.8 Å². The third-order valence-corrected chi connectivity index (χ3v) is 7.35. The van der Waals surface area contributed by atoms with Gasteiger partial charge in [0.2, 0.25) is 15.9 Å². The zero-order valence-electron chi connectivity index (χ0n) is 15.3. The Morgan fingerprint density at radius 1 is 1.11 bits per heavy atom. The van der Waals surface area contributed by atoms with Crippen molar-refractivity contribution in [2.24, 2.45) is 0 Å². The van der Waals surface area contributed by atoms with Crippen LogP contribution in [0.4, 0.5) is 0 Å². The number of carbonyl (C=O) groups is 1. The van der Waals surface area contributed by atoms with Gasteiger partial charge in [-0.1, -0.05) is 41.4 Å². The van der Waals surface area contributed by atoms with Gasteiger partial charge in [0.1, 0.15) is 6.04 Å². The molecule has 1 aliphatic heterocycles. The van der Waals surface area contributed by atoms with E-state index in [9.17, 15) is 13.2 Å². The number of benzene rings is 2. The highest BCUT2D eigenvalue weighted by Gasteiger charge is 2.39. The fourth-order valence-corrected chi connectivity index (χ4v) is 5.35. The first kappa shape index (κ1) is 21.1. The van der Waals surface area contributed by atoms with Crippen molar-refractivity contribution in [2.75, 3.05) is 13.1 Å². The summed E-state index contributed by atoms with van der Waals surface area (Å²) in [5, 5.41) is 4.05. The van der Waals surface area contributed by atoms with Crippen LogP contribution in [0.25, 0.3) is 0 Å². The van der Waals surface area contributed by atoms with E-state index in [2.05, 4.69) is 5.32 Å². The lowest BCUT2D eigenvalue weighted by molar-refractivity contribution is -0.124. The van der Waals surface area contributed by atoms with E-state index in [0.717, 1.165) is 18.4 Å². The molecule has 1 atom stereocenters. The monoisotopic (exact) mass is 440 g/mol. The minimum Gasteiger partial charge on any atom is -0.355 e. The van der Waals surface area contributed by atoms with Gasteiger partial charge in [0, 0.05) is 23.1 Å². The van der Waals surface area contributed by atoms with Gasteiger partial charge in [-0.25, -0.2) is 8.42 Å². The average Bonchev–Trinajstić information content (AvgIpc) is 3.17. The van der Waals surface area contributed by atoms with Crippen LogP contribution >= 0.6 is 23.2 Å². The maximum absolute atomic E-state index is 12.9. The topological polar surface area (TPSA) is 66.5 Å². The molecule has 1 aliphatic rings. The molecule has 1 saturated heterocycles. The Morgan fingerprint density at radius 2 is 1.82 bits per heavy atom. The predicted molar refractivity (Wildman–Crippen MR) is 111 cm³/mol. The number of aryl methyl sites for hydroxylation is 1. The Morgan fingerprint density at radius 3 is 2.54 bits per heavy atom. The average molecular weight is 441 g/mol. The van der Waals surface area contributed by atoms with Crippen LogP contribution in [0.1, 0.15) is 24.8 Å². The fraction of sp³-hybridized carbons (Fsp3) is 0.350. The summed E-state index contributed by atoms with van der Waals surface area (Å²) in [7, 11) is -3.73. The molecular weight excluding hydrogens is 419 g/mol. The van der Waals surface area contributed by atoms with Crippen LogP contribution in [0.15, 0.2) is 53.4 Å². The molecule has 5 nitrogen and oxygen atoms in total. The van der Waals surface area contributed by atoms with Crippen molar-refractivity contribution in [3.8, 4) is 0 Å². The first-order chi connectivity index (χ1) is 13.4. The van der Waals surface area contributed by atoms with Gasteiger partial charge in [-0.2, -0.15) is 4.31 Å². The molecule has 2 aromatic rings. The molecule has 1 fully saturated rings. The molecule has 0 aliphatic carbocycles. The van der Waals surface area contributed by atoms with Crippen LogP contribution in [0.3, 0.4) is 0 Å². The molecule has 0 radical (unpaired) electrons. The number of nitrogens with one attached hydrogen (secondary N) is 1. The first-order valence-corrected chi connectivity index (χ1v) is 11.4. The first-order valence-electron chi connectivity index (χ1n) is 9.18. The smallest absolute Gasteiger partial charge is 0.243 e. The number of sulfonamides is 1. The molecule has 1 amide bonds. The highest BCUT2D eigenvalue weighted by atomic mass is 35.5. The molecular formula is C20H22Cl2N2O3S. The number of halogens is 2. The lowest BCUT2D eigenvalue weighted by Crippen LogP contribution is -2.46. The third-order valence-electron chi connectivity index (χ3n) is 4.81. The Kier molecular flexibility index (Phi) is 6.99. The molecule has 1 heterocycles. The van der Waals surface area contributed by atoms with Crippen molar-refractivity contribution in [3.63, 3.8) is 0 Å². The van der Waals surface area contributed by atoms with Gasteiger partial charge in [-0.05, 0) is 61.6 Å². The van der Waals surface area contributed by atoms with Gasteiger partial charge in [0.05, 0.1) is 4.90 Å². The van der Waals surface area contributed by atoms with Crippen LogP contribution in [0.5, 0.6) is 0 Å². The Balaban J connectivity index is 1.58. The molecule has 0 spiro atoms. The van der Waals surface area contributed by atoms with Crippen molar-refractivity contribution in [3.05, 3.63) is 64.1 Å². The molecule has 0 unspecified atom stereocenters. The summed E-state index contributed by atoms with van der Waals surface area (Å²) in [6.07, 6.45) is 2.65. The van der Waals surface area contributed by atoms with Gasteiger partial charge >= 0.3 is 0 Å². The van der Waals surface area contributed by atoms with E-state index in [0.29, 0.717) is 36.0 Å². The number of hydrogen-bond donors (Lipinski definition) is 1. The van der Waals surface area contributed by atoms with Gasteiger partial charge in [0.25, 0.3) is 0 Å². The van der Waals surface area contributed by atoms with Gasteiger partial charge < -0.3 is 5.32 Å². The fourth-order valence-electron chi connectivity index (χ4n) is 3.34. The molecule has 0 saturated carbocycles. The van der Waals surface area contributed by atoms with Crippen LogP contribution in [0.2, 0.25) is 10.0 Å². The summed E-state index contributed by atoms with van der Waals surface area (Å²) in [5.74, 6) is -0.255. The van der Waals surface area contributed by atoms with Crippen molar-refractivity contribution in [2.45, 2.75) is 36.6 Å². The Bertz CT molecular complexity index is 933. The van der Waals surface area contributed by atoms with Crippen LogP contribution in [0, 0.1) is 0 Å². The van der Waals surface area contributed by atoms with E-state index in [1.54, 1.807) is 0 Å². The summed E-state index contributed by atoms with van der Waals surface area (Å²) >= 11 is 12.0. The molecule has 3 rings (SSSR count). The highest BCUT2D eigenvalue weighted by molar-refractivity contribution is 7.89. The van der Waals surface area contributed by atoms with Gasteiger partial charge in [-0.3, -0.25) is 4.79 Å². The highest BCUT2D eigenvalue weighted by Crippen LogP contribution is 2.27. The maximum Gasteiger partial charge on any atom is 0.243 e. The molecule has 150 valence electrons. The molecule has 1 N–H and O–H groups in total. The number of amides is 1. The number of hydrogen-bond acceptors (Lipinski definition) is 3. The second kappa shape index (κ2) is 9.27. The summed E-state index contributed by atoms with van der Waals surface area (Å²) in [6.45, 7) is 0.804. The number of carbonyl (C=O) groups excluding carboxylic acids is 1. The molecule has 2 aromatic carbocycles. The van der Waals surface area contributed by atoms with Crippen LogP contribution in [-0.4, -0.2) is 37.8 Å². The Hall–Kier alpha value is -1.60. The lowest BCUT2D eigenvalue weighted by Gasteiger charge is -2.23. The molecule has 8 heteroatoms. The predicted octanol–water partition coefficient (Wildman–Crippen LogP) is 3.90. The van der Waals surface area contributed by atoms with Crippen molar-refractivity contribution in [1.82, 2.24) is 9.62 Å². The quantitative estimate of drug-likeness (QED) is 0.663. The van der Waals surface area contributed by atoms with Gasteiger partial charge in [0.15, 0.2) is 0 Å². The van der Waals surface area contributed by atoms with Crippen molar-refractivity contribution >= 4 is 39.1 Å². The number of nitrogens with zero attached hydrogens (tertiary/aromatic N) is 1. The summed E-state index contributed by atoms with van der Waals surface area (Å²) in [5.41, 5.74) is 1.03. The third kappa shape index (κ3) is 4.87. The second-order valence-electron chi connectivity index (χ2n) is 6.71. The van der Waals surface area contributed by atoms with Gasteiger partial charge in [-0.15, -0.1) is 0 Å². The van der Waals surface area contributed by atoms with Crippen molar-refractivity contribution < 1.29 is 13.2 Å². The zero-order valence-corrected chi connectivity index (χ0v) is 17.6. The zero-order chi connectivity index (χ0) is 20.1. The summed E-state index contributed by atoms with van der Waals surface area (Å²) in [4.78, 5) is 12.8. The van der Waals surface area contributed by atoms with E-state index < -0.39 is 16.1 Å². The van der Waals surface area contributed by atoms with E-state index in [1.165, 1.54) is 28.6 Å². The summed E-state index contributed by atoms with van der Waals surface area (Å²) in [6, 6.07) is 12.9. The minimum atomic E-state index is -3.73. The Labute approximate surface area is 175 Å². The normalized spacial score (nSPS) is 17.6. The van der Waals surface area contributed by atoms with E-state index >= 15 is 0 Å². The van der Waals surface area contributed by atoms with E-state index in [1.807, 2.05) is 24.3 Å². The minimum absolute atomic E-state index is 0.148. The van der Waals surface area contributed by atoms with E-state index in [4.69, 9.17) is 23.2 Å². The molecule has 28 heavy (non-hydrogen) atoms. The van der Waals surface area contributed by atoms with Crippen LogP contribution < -0.4 is 5.32 Å². The summed E-state index contributed by atoms with van der Waals surface area (Å²) < 4.78 is 27.1.